The Hall–Kier alpha value is -1.38. The Balaban J connectivity index is 2.84. The second kappa shape index (κ2) is 4.22. The van der Waals surface area contributed by atoms with Crippen LogP contribution in [0, 0.1) is 11.3 Å². The lowest BCUT2D eigenvalue weighted by atomic mass is 10.1. The van der Waals surface area contributed by atoms with Gasteiger partial charge in [-0.05, 0) is 5.56 Å². The molecular weight excluding hydrogens is 202 g/mol. The monoisotopic (exact) mass is 211 g/mol. The van der Waals surface area contributed by atoms with Crippen molar-refractivity contribution in [2.45, 2.75) is 11.7 Å². The van der Waals surface area contributed by atoms with Crippen LogP contribution in [0.4, 0.5) is 0 Å². The van der Waals surface area contributed by atoms with Crippen molar-refractivity contribution in [2.24, 2.45) is 0 Å². The second-order valence-corrected chi connectivity index (χ2v) is 4.42. The lowest BCUT2D eigenvalue weighted by molar-refractivity contribution is 0.475. The van der Waals surface area contributed by atoms with Gasteiger partial charge in [-0.25, -0.2) is 0 Å². The molecule has 0 saturated heterocycles. The molecular formula is C9H9NO3S. The summed E-state index contributed by atoms with van der Waals surface area (Å²) in [5.74, 6) is 0. The van der Waals surface area contributed by atoms with Crippen LogP contribution in [-0.2, 0) is 16.5 Å². The highest BCUT2D eigenvalue weighted by Gasteiger charge is 2.22. The smallest absolute Gasteiger partial charge is 0.281 e. The first-order valence-corrected chi connectivity index (χ1v) is 5.44. The molecule has 0 heterocycles. The molecule has 1 atom stereocenters. The van der Waals surface area contributed by atoms with Gasteiger partial charge >= 0.3 is 0 Å². The molecule has 0 aromatic heterocycles. The molecule has 1 unspecified atom stereocenters. The van der Waals surface area contributed by atoms with Crippen LogP contribution in [0.15, 0.2) is 30.3 Å². The summed E-state index contributed by atoms with van der Waals surface area (Å²) in [6.45, 7) is 0. The number of nitrogens with zero attached hydrogens (tertiary/aromatic N) is 1. The number of hydrogen-bond acceptors (Lipinski definition) is 3. The molecule has 1 rings (SSSR count). The predicted octanol–water partition coefficient (Wildman–Crippen LogP) is 1.01. The Labute approximate surface area is 82.5 Å². The standard InChI is InChI=1S/C9H9NO3S/c10-7-9(14(11,12)13)6-8-4-2-1-3-5-8/h1-5,9H,6H2,(H,11,12,13). The largest absolute Gasteiger partial charge is 0.285 e. The second-order valence-electron chi connectivity index (χ2n) is 2.82. The summed E-state index contributed by atoms with van der Waals surface area (Å²) < 4.78 is 30.1. The van der Waals surface area contributed by atoms with Gasteiger partial charge in [0, 0.05) is 6.42 Å². The van der Waals surface area contributed by atoms with E-state index in [9.17, 15) is 8.42 Å². The van der Waals surface area contributed by atoms with E-state index in [2.05, 4.69) is 0 Å². The van der Waals surface area contributed by atoms with E-state index in [-0.39, 0.29) is 6.42 Å². The molecule has 0 fully saturated rings. The number of benzene rings is 1. The first-order valence-electron chi connectivity index (χ1n) is 3.94. The van der Waals surface area contributed by atoms with Gasteiger partial charge in [-0.3, -0.25) is 4.55 Å². The van der Waals surface area contributed by atoms with E-state index in [1.807, 2.05) is 0 Å². The fourth-order valence-corrected chi connectivity index (χ4v) is 1.58. The van der Waals surface area contributed by atoms with Gasteiger partial charge < -0.3 is 0 Å². The molecule has 1 N–H and O–H groups in total. The molecule has 0 spiro atoms. The van der Waals surface area contributed by atoms with E-state index in [1.54, 1.807) is 36.4 Å². The van der Waals surface area contributed by atoms with Crippen molar-refractivity contribution in [3.05, 3.63) is 35.9 Å². The van der Waals surface area contributed by atoms with Crippen LogP contribution >= 0.6 is 0 Å². The molecule has 0 radical (unpaired) electrons. The van der Waals surface area contributed by atoms with Crippen molar-refractivity contribution >= 4 is 10.1 Å². The highest BCUT2D eigenvalue weighted by atomic mass is 32.2. The van der Waals surface area contributed by atoms with Crippen LogP contribution in [0.5, 0.6) is 0 Å². The molecule has 4 nitrogen and oxygen atoms in total. The summed E-state index contributed by atoms with van der Waals surface area (Å²) in [5.41, 5.74) is 0.705. The summed E-state index contributed by atoms with van der Waals surface area (Å²) in [7, 11) is -4.27. The third-order valence-corrected chi connectivity index (χ3v) is 2.76. The fraction of sp³-hybridized carbons (Fsp3) is 0.222. The van der Waals surface area contributed by atoms with Crippen molar-refractivity contribution in [3.8, 4) is 6.07 Å². The van der Waals surface area contributed by atoms with Crippen LogP contribution in [0.25, 0.3) is 0 Å². The molecule has 5 heteroatoms. The summed E-state index contributed by atoms with van der Waals surface area (Å²) in [5, 5.41) is 7.15. The average Bonchev–Trinajstić information content (AvgIpc) is 2.14. The van der Waals surface area contributed by atoms with Gasteiger partial charge in [0.15, 0.2) is 5.25 Å². The Morgan fingerprint density at radius 3 is 2.36 bits per heavy atom. The lowest BCUT2D eigenvalue weighted by Gasteiger charge is -2.04. The maximum Gasteiger partial charge on any atom is 0.281 e. The van der Waals surface area contributed by atoms with Crippen LogP contribution in [0.1, 0.15) is 5.56 Å². The van der Waals surface area contributed by atoms with Crippen molar-refractivity contribution in [2.75, 3.05) is 0 Å². The summed E-state index contributed by atoms with van der Waals surface area (Å²) in [6.07, 6.45) is 0.0101. The van der Waals surface area contributed by atoms with Crippen LogP contribution in [0.3, 0.4) is 0 Å². The minimum Gasteiger partial charge on any atom is -0.285 e. The van der Waals surface area contributed by atoms with Crippen molar-refractivity contribution < 1.29 is 13.0 Å². The summed E-state index contributed by atoms with van der Waals surface area (Å²) in [6, 6.07) is 10.2. The van der Waals surface area contributed by atoms with Crippen molar-refractivity contribution in [1.82, 2.24) is 0 Å². The molecule has 0 aliphatic carbocycles. The lowest BCUT2D eigenvalue weighted by Crippen LogP contribution is -2.20. The zero-order chi connectivity index (χ0) is 10.6. The molecule has 74 valence electrons. The maximum absolute atomic E-state index is 10.7. The minimum absolute atomic E-state index is 0.0101. The molecule has 1 aromatic carbocycles. The van der Waals surface area contributed by atoms with Crippen LogP contribution < -0.4 is 0 Å². The Bertz CT molecular complexity index is 433. The zero-order valence-corrected chi connectivity index (χ0v) is 8.11. The minimum atomic E-state index is -4.27. The third kappa shape index (κ3) is 2.83. The van der Waals surface area contributed by atoms with Gasteiger partial charge in [0.05, 0.1) is 6.07 Å². The van der Waals surface area contributed by atoms with Gasteiger partial charge in [-0.15, -0.1) is 0 Å². The quantitative estimate of drug-likeness (QED) is 0.757. The zero-order valence-electron chi connectivity index (χ0n) is 7.29. The molecule has 0 aliphatic rings. The summed E-state index contributed by atoms with van der Waals surface area (Å²) in [4.78, 5) is 0. The molecule has 0 amide bonds. The molecule has 1 aromatic rings. The van der Waals surface area contributed by atoms with E-state index in [1.165, 1.54) is 0 Å². The van der Waals surface area contributed by atoms with Gasteiger partial charge in [0.25, 0.3) is 10.1 Å². The fourth-order valence-electron chi connectivity index (χ4n) is 1.05. The maximum atomic E-state index is 10.7. The molecule has 0 saturated carbocycles. The summed E-state index contributed by atoms with van der Waals surface area (Å²) >= 11 is 0. The van der Waals surface area contributed by atoms with Crippen molar-refractivity contribution in [1.29, 1.82) is 5.26 Å². The Morgan fingerprint density at radius 2 is 1.93 bits per heavy atom. The van der Waals surface area contributed by atoms with Crippen LogP contribution in [-0.4, -0.2) is 18.2 Å². The SMILES string of the molecule is N#CC(Cc1ccccc1)S(=O)(=O)O. The van der Waals surface area contributed by atoms with E-state index < -0.39 is 15.4 Å². The van der Waals surface area contributed by atoms with E-state index >= 15 is 0 Å². The topological polar surface area (TPSA) is 78.2 Å². The Morgan fingerprint density at radius 1 is 1.36 bits per heavy atom. The predicted molar refractivity (Wildman–Crippen MR) is 51.1 cm³/mol. The van der Waals surface area contributed by atoms with E-state index in [4.69, 9.17) is 9.81 Å². The first kappa shape index (κ1) is 10.7. The average molecular weight is 211 g/mol. The molecule has 0 bridgehead atoms. The first-order chi connectivity index (χ1) is 6.54. The highest BCUT2D eigenvalue weighted by molar-refractivity contribution is 7.86. The van der Waals surface area contributed by atoms with Crippen LogP contribution in [0.2, 0.25) is 0 Å². The third-order valence-electron chi connectivity index (χ3n) is 1.77. The van der Waals surface area contributed by atoms with Gasteiger partial charge in [0.1, 0.15) is 0 Å². The van der Waals surface area contributed by atoms with Crippen molar-refractivity contribution in [3.63, 3.8) is 0 Å². The van der Waals surface area contributed by atoms with Gasteiger partial charge in [-0.1, -0.05) is 30.3 Å². The Kier molecular flexibility index (Phi) is 3.23. The molecule has 0 aliphatic heterocycles. The van der Waals surface area contributed by atoms with Gasteiger partial charge in [-0.2, -0.15) is 13.7 Å². The van der Waals surface area contributed by atoms with E-state index in [0.717, 1.165) is 0 Å². The number of hydrogen-bond donors (Lipinski definition) is 1. The van der Waals surface area contributed by atoms with Gasteiger partial charge in [0.2, 0.25) is 0 Å². The number of rotatable bonds is 3. The van der Waals surface area contributed by atoms with E-state index in [0.29, 0.717) is 5.56 Å². The molecule has 14 heavy (non-hydrogen) atoms. The normalized spacial score (nSPS) is 13.1. The number of nitriles is 1. The highest BCUT2D eigenvalue weighted by Crippen LogP contribution is 2.08.